The number of unbranched alkanes of at least 4 members (excludes halogenated alkanes) is 2. The molecule has 0 saturated carbocycles. The lowest BCUT2D eigenvalue weighted by Crippen LogP contribution is -2.60. The Labute approximate surface area is 482 Å². The van der Waals surface area contributed by atoms with Gasteiger partial charge in [0, 0.05) is 39.1 Å². The summed E-state index contributed by atoms with van der Waals surface area (Å²) in [6.07, 6.45) is 1.65. The Kier molecular flexibility index (Phi) is 38.8. The van der Waals surface area contributed by atoms with E-state index in [0.717, 1.165) is 0 Å². The first-order valence-corrected chi connectivity index (χ1v) is 27.3. The molecule has 0 aromatic carbocycles. The van der Waals surface area contributed by atoms with Crippen molar-refractivity contribution in [3.8, 4) is 0 Å². The van der Waals surface area contributed by atoms with Crippen LogP contribution in [0.15, 0.2) is 25.0 Å². The molecule has 0 radical (unpaired) electrons. The minimum Gasteiger partial charge on any atom is -0.370 e. The summed E-state index contributed by atoms with van der Waals surface area (Å²) in [6, 6.07) is -10.8. The van der Waals surface area contributed by atoms with Gasteiger partial charge >= 0.3 is 0 Å². The summed E-state index contributed by atoms with van der Waals surface area (Å²) >= 11 is 0. The number of nitrogens with zero attached hydrogens (tertiary/aromatic N) is 5. The number of hydrogen-bond donors (Lipinski definition) is 22. The highest BCUT2D eigenvalue weighted by Crippen LogP contribution is 2.11. The standard InChI is InChI=1S/C47H95N27O9/c48-19-3-1-10-26(50)36(77)69-28(11-2-4-20-49)38(79)71-30(14-7-23-65-45(57)58)39(80)72-32(16-9-25-67-47(61)62)41(82)74-33(17-18-34(51)75)42(83)73-31(15-8-24-66-46(59)60)40(81)70-29(13-6-22-64-44(55)56)37(78)68-27(35(52)76)12-5-21-63-43(53)54/h26-33H,1-25,48-50H2,(H2,51,75)(H2,52,76)(H,68,78)(H,69,77)(H,70,81)(H,71,79)(H,72,80)(H,73,83)(H,74,82)(H4,53,54,63)(H4,55,56,64)(H4,57,58,65)(H4,59,60,66)(H4,61,62,67)/t26-,27-,28-,29-,30-,31-,32-,33-/m0/s1. The maximum absolute atomic E-state index is 14.5. The number of guanidine groups is 5. The smallest absolute Gasteiger partial charge is 0.243 e. The molecule has 83 heavy (non-hydrogen) atoms. The molecule has 8 atom stereocenters. The van der Waals surface area contributed by atoms with Crippen molar-refractivity contribution in [3.05, 3.63) is 0 Å². The van der Waals surface area contributed by atoms with Crippen molar-refractivity contribution in [2.45, 2.75) is 164 Å². The summed E-state index contributed by atoms with van der Waals surface area (Å²) in [4.78, 5) is 143. The minimum absolute atomic E-state index is 0.0110. The van der Waals surface area contributed by atoms with Crippen molar-refractivity contribution in [1.82, 2.24) is 37.2 Å². The van der Waals surface area contributed by atoms with E-state index in [0.29, 0.717) is 45.2 Å². The van der Waals surface area contributed by atoms with Crippen LogP contribution in [0.3, 0.4) is 0 Å². The van der Waals surface area contributed by atoms with Gasteiger partial charge < -0.3 is 123 Å². The summed E-state index contributed by atoms with van der Waals surface area (Å²) in [5.41, 5.74) is 83.4. The molecular weight excluding hydrogens is 1090 g/mol. The van der Waals surface area contributed by atoms with Crippen LogP contribution in [0.2, 0.25) is 0 Å². The first-order chi connectivity index (χ1) is 39.2. The molecule has 0 aliphatic rings. The van der Waals surface area contributed by atoms with Gasteiger partial charge in [-0.2, -0.15) is 0 Å². The van der Waals surface area contributed by atoms with E-state index in [2.05, 4.69) is 62.2 Å². The second-order valence-electron chi connectivity index (χ2n) is 19.3. The van der Waals surface area contributed by atoms with E-state index in [1.165, 1.54) is 0 Å². The van der Waals surface area contributed by atoms with Gasteiger partial charge in [-0.15, -0.1) is 0 Å². The average Bonchev–Trinajstić information content (AvgIpc) is 3.43. The van der Waals surface area contributed by atoms with Crippen molar-refractivity contribution < 1.29 is 43.2 Å². The van der Waals surface area contributed by atoms with E-state index in [-0.39, 0.29) is 133 Å². The molecule has 37 N–H and O–H groups in total. The lowest BCUT2D eigenvalue weighted by molar-refractivity contribution is -0.136. The number of aliphatic imine (C=N–C) groups is 5. The van der Waals surface area contributed by atoms with Crippen molar-refractivity contribution in [2.75, 3.05) is 45.8 Å². The fourth-order valence-corrected chi connectivity index (χ4v) is 7.75. The van der Waals surface area contributed by atoms with Gasteiger partial charge in [0.05, 0.1) is 6.04 Å². The number of hydrogen-bond acceptors (Lipinski definition) is 17. The first-order valence-electron chi connectivity index (χ1n) is 27.3. The molecule has 0 heterocycles. The Morgan fingerprint density at radius 3 is 0.771 bits per heavy atom. The SMILES string of the molecule is NCCCC[C@H](NC(=O)[C@@H](N)CCCCN)C(=O)N[C@@H](CCCN=C(N)N)C(=O)N[C@@H](CCCN=C(N)N)C(=O)N[C@@H](CCC(N)=O)C(=O)N[C@@H](CCCN=C(N)N)C(=O)N[C@@H](CCCN=C(N)N)C(=O)N[C@@H](CCCN=C(N)N)C(N)=O. The van der Waals surface area contributed by atoms with Crippen LogP contribution in [-0.2, 0) is 43.2 Å². The lowest BCUT2D eigenvalue weighted by Gasteiger charge is -2.28. The van der Waals surface area contributed by atoms with Crippen LogP contribution in [0, 0.1) is 0 Å². The van der Waals surface area contributed by atoms with E-state index in [1.807, 2.05) is 0 Å². The summed E-state index contributed by atoms with van der Waals surface area (Å²) in [6.45, 7) is 0.774. The Balaban J connectivity index is 7.26. The molecule has 0 bridgehead atoms. The lowest BCUT2D eigenvalue weighted by atomic mass is 10.0. The van der Waals surface area contributed by atoms with Crippen molar-refractivity contribution in [3.63, 3.8) is 0 Å². The number of amides is 9. The molecule has 0 aliphatic heterocycles. The molecule has 0 rings (SSSR count). The van der Waals surface area contributed by atoms with Crippen LogP contribution in [0.5, 0.6) is 0 Å². The van der Waals surface area contributed by atoms with E-state index in [9.17, 15) is 43.2 Å². The minimum atomic E-state index is -1.64. The number of carbonyl (C=O) groups is 9. The zero-order valence-electron chi connectivity index (χ0n) is 47.4. The number of primary amides is 2. The van der Waals surface area contributed by atoms with Crippen LogP contribution in [0.25, 0.3) is 0 Å². The molecule has 36 heteroatoms. The van der Waals surface area contributed by atoms with Crippen molar-refractivity contribution in [1.29, 1.82) is 0 Å². The van der Waals surface area contributed by atoms with Crippen molar-refractivity contribution in [2.24, 2.45) is 111 Å². The Morgan fingerprint density at radius 1 is 0.289 bits per heavy atom. The maximum atomic E-state index is 14.5. The summed E-state index contributed by atoms with van der Waals surface area (Å²) < 4.78 is 0. The molecule has 0 aromatic rings. The second kappa shape index (κ2) is 43.2. The summed E-state index contributed by atoms with van der Waals surface area (Å²) in [5, 5.41) is 18.2. The van der Waals surface area contributed by atoms with E-state index in [1.54, 1.807) is 0 Å². The summed E-state index contributed by atoms with van der Waals surface area (Å²) in [5.74, 6) is -9.05. The molecule has 36 nitrogen and oxygen atoms in total. The molecule has 0 spiro atoms. The van der Waals surface area contributed by atoms with Crippen molar-refractivity contribution >= 4 is 83.0 Å². The van der Waals surface area contributed by atoms with E-state index in [4.69, 9.17) is 86.0 Å². The van der Waals surface area contributed by atoms with Gasteiger partial charge in [0.25, 0.3) is 0 Å². The van der Waals surface area contributed by atoms with E-state index >= 15 is 0 Å². The molecular formula is C47H95N27O9. The Hall–Kier alpha value is -8.54. The quantitative estimate of drug-likeness (QED) is 0.0153. The van der Waals surface area contributed by atoms with Gasteiger partial charge in [0.15, 0.2) is 29.8 Å². The second-order valence-corrected chi connectivity index (χ2v) is 19.3. The highest BCUT2D eigenvalue weighted by atomic mass is 16.2. The van der Waals surface area contributed by atoms with Gasteiger partial charge in [-0.1, -0.05) is 6.42 Å². The average molecular weight is 1180 g/mol. The highest BCUT2D eigenvalue weighted by Gasteiger charge is 2.34. The van der Waals surface area contributed by atoms with Gasteiger partial charge in [-0.3, -0.25) is 68.1 Å². The summed E-state index contributed by atoms with van der Waals surface area (Å²) in [7, 11) is 0. The maximum Gasteiger partial charge on any atom is 0.243 e. The normalized spacial score (nSPS) is 13.6. The van der Waals surface area contributed by atoms with Crippen LogP contribution < -0.4 is 123 Å². The van der Waals surface area contributed by atoms with E-state index < -0.39 is 114 Å². The fraction of sp³-hybridized carbons (Fsp3) is 0.702. The molecule has 0 aromatic heterocycles. The third kappa shape index (κ3) is 36.4. The molecule has 0 fully saturated rings. The Bertz CT molecular complexity index is 2190. The van der Waals surface area contributed by atoms with Gasteiger partial charge in [-0.25, -0.2) is 0 Å². The van der Waals surface area contributed by atoms with Crippen LogP contribution in [0.4, 0.5) is 0 Å². The number of nitrogens with two attached hydrogens (primary N) is 15. The largest absolute Gasteiger partial charge is 0.370 e. The van der Waals surface area contributed by atoms with Gasteiger partial charge in [0.2, 0.25) is 53.2 Å². The number of carbonyl (C=O) groups excluding carboxylic acids is 9. The van der Waals surface area contributed by atoms with Gasteiger partial charge in [0.1, 0.15) is 42.3 Å². The molecule has 0 saturated heterocycles. The third-order valence-corrected chi connectivity index (χ3v) is 12.1. The number of rotatable bonds is 46. The van der Waals surface area contributed by atoms with Crippen LogP contribution in [-0.4, -0.2) is 177 Å². The molecule has 0 aliphatic carbocycles. The zero-order valence-corrected chi connectivity index (χ0v) is 47.4. The third-order valence-electron chi connectivity index (χ3n) is 12.1. The van der Waals surface area contributed by atoms with Crippen LogP contribution >= 0.6 is 0 Å². The Morgan fingerprint density at radius 2 is 0.518 bits per heavy atom. The monoisotopic (exact) mass is 1180 g/mol. The number of nitrogens with one attached hydrogen (secondary N) is 7. The zero-order chi connectivity index (χ0) is 62.9. The predicted octanol–water partition coefficient (Wildman–Crippen LogP) is -10.0. The highest BCUT2D eigenvalue weighted by molar-refractivity contribution is 5.98. The molecule has 0 unspecified atom stereocenters. The van der Waals surface area contributed by atoms with Crippen LogP contribution in [0.1, 0.15) is 116 Å². The fourth-order valence-electron chi connectivity index (χ4n) is 7.75. The van der Waals surface area contributed by atoms with Gasteiger partial charge in [-0.05, 0) is 116 Å². The molecule has 9 amide bonds. The molecule has 472 valence electrons. The topological polar surface area (TPSA) is 690 Å². The first kappa shape index (κ1) is 74.5. The predicted molar refractivity (Wildman–Crippen MR) is 314 cm³/mol.